The second-order valence-corrected chi connectivity index (χ2v) is 20.9. The van der Waals surface area contributed by atoms with Crippen LogP contribution in [-0.2, 0) is 47.4 Å². The van der Waals surface area contributed by atoms with Crippen LogP contribution >= 0.6 is 0 Å². The van der Waals surface area contributed by atoms with Gasteiger partial charge in [-0.3, -0.25) is 0 Å². The molecule has 0 aromatic carbocycles. The Labute approximate surface area is 174 Å². The minimum Gasteiger partial charge on any atom is -0.378 e. The van der Waals surface area contributed by atoms with Gasteiger partial charge in [-0.2, -0.15) is 0 Å². The molecular formula is C12H36O11Si5. The van der Waals surface area contributed by atoms with Gasteiger partial charge in [0.2, 0.25) is 0 Å². The fraction of sp³-hybridized carbons (Fsp3) is 1.00. The fourth-order valence-electron chi connectivity index (χ4n) is 1.99. The maximum absolute atomic E-state index is 6.17. The summed E-state index contributed by atoms with van der Waals surface area (Å²) in [5, 5.41) is 0. The third kappa shape index (κ3) is 8.41. The minimum absolute atomic E-state index is 1.48. The molecule has 2 atom stereocenters. The third-order valence-corrected chi connectivity index (χ3v) is 21.1. The molecule has 0 aliphatic heterocycles. The van der Waals surface area contributed by atoms with E-state index < -0.39 is 44.0 Å². The van der Waals surface area contributed by atoms with Crippen molar-refractivity contribution in [1.29, 1.82) is 0 Å². The first-order valence-electron chi connectivity index (χ1n) is 8.42. The van der Waals surface area contributed by atoms with Gasteiger partial charge in [-0.1, -0.05) is 0 Å². The zero-order valence-corrected chi connectivity index (χ0v) is 24.0. The topological polar surface area (TPSA) is 102 Å². The molecule has 16 heteroatoms. The highest BCUT2D eigenvalue weighted by atomic mass is 28.5. The molecule has 0 fully saturated rings. The van der Waals surface area contributed by atoms with E-state index in [1.807, 2.05) is 0 Å². The average molecular weight is 497 g/mol. The lowest BCUT2D eigenvalue weighted by molar-refractivity contribution is 0.0670. The zero-order valence-electron chi connectivity index (χ0n) is 19.0. The third-order valence-electron chi connectivity index (χ3n) is 4.08. The molecule has 0 aromatic heterocycles. The summed E-state index contributed by atoms with van der Waals surface area (Å²) >= 11 is 0. The lowest BCUT2D eigenvalue weighted by Gasteiger charge is -2.40. The van der Waals surface area contributed by atoms with Crippen molar-refractivity contribution in [3.05, 3.63) is 0 Å². The quantitative estimate of drug-likeness (QED) is 0.308. The Hall–Kier alpha value is 0.644. The van der Waals surface area contributed by atoms with E-state index in [9.17, 15) is 0 Å². The van der Waals surface area contributed by atoms with Crippen LogP contribution in [0, 0.1) is 0 Å². The molecule has 0 rings (SSSR count). The van der Waals surface area contributed by atoms with Crippen molar-refractivity contribution < 1.29 is 47.4 Å². The molecule has 0 heterocycles. The first-order valence-corrected chi connectivity index (χ1v) is 19.5. The summed E-state index contributed by atoms with van der Waals surface area (Å²) in [7, 11) is -5.27. The Morgan fingerprint density at radius 3 is 0.571 bits per heavy atom. The standard InChI is InChI=1S/C12H36O11Si5/c1-13-24(8,14-2)20-26(10,17-5)22-28(12,19-7)23-27(11,18-6)21-25(9,15-3)16-4/h1-12H3. The Kier molecular flexibility index (Phi) is 11.6. The average Bonchev–Trinajstić information content (AvgIpc) is 2.67. The summed E-state index contributed by atoms with van der Waals surface area (Å²) in [4.78, 5) is 0. The van der Waals surface area contributed by atoms with E-state index in [2.05, 4.69) is 0 Å². The van der Waals surface area contributed by atoms with Crippen LogP contribution in [0.1, 0.15) is 0 Å². The predicted molar refractivity (Wildman–Crippen MR) is 111 cm³/mol. The van der Waals surface area contributed by atoms with Crippen molar-refractivity contribution in [3.8, 4) is 0 Å². The summed E-state index contributed by atoms with van der Waals surface area (Å²) in [6.07, 6.45) is 0. The van der Waals surface area contributed by atoms with E-state index in [0.29, 0.717) is 0 Å². The molecule has 0 amide bonds. The van der Waals surface area contributed by atoms with Crippen molar-refractivity contribution >= 4 is 44.0 Å². The monoisotopic (exact) mass is 496 g/mol. The normalized spacial score (nSPS) is 19.7. The van der Waals surface area contributed by atoms with Crippen LogP contribution in [0.5, 0.6) is 0 Å². The molecule has 0 aliphatic rings. The maximum atomic E-state index is 6.17. The van der Waals surface area contributed by atoms with Crippen LogP contribution in [0.15, 0.2) is 0 Å². The van der Waals surface area contributed by atoms with Crippen LogP contribution in [-0.4, -0.2) is 93.8 Å². The molecule has 2 unspecified atom stereocenters. The lowest BCUT2D eigenvalue weighted by atomic mass is 11.8. The molecule has 0 spiro atoms. The van der Waals surface area contributed by atoms with Crippen molar-refractivity contribution in [1.82, 2.24) is 0 Å². The summed E-state index contributed by atoms with van der Waals surface area (Å²) in [6, 6.07) is 0. The Morgan fingerprint density at radius 2 is 0.429 bits per heavy atom. The van der Waals surface area contributed by atoms with Gasteiger partial charge in [0.05, 0.1) is 0 Å². The second-order valence-electron chi connectivity index (χ2n) is 6.15. The van der Waals surface area contributed by atoms with Gasteiger partial charge < -0.3 is 47.4 Å². The van der Waals surface area contributed by atoms with Crippen LogP contribution in [0.3, 0.4) is 0 Å². The first kappa shape index (κ1) is 28.6. The van der Waals surface area contributed by atoms with Gasteiger partial charge in [-0.05, 0) is 0 Å². The number of rotatable bonds is 15. The van der Waals surface area contributed by atoms with E-state index in [-0.39, 0.29) is 0 Å². The molecule has 0 radical (unpaired) electrons. The summed E-state index contributed by atoms with van der Waals surface area (Å²) < 4.78 is 62.7. The van der Waals surface area contributed by atoms with E-state index in [1.54, 1.807) is 32.7 Å². The van der Waals surface area contributed by atoms with Gasteiger partial charge in [0.15, 0.2) is 0 Å². The van der Waals surface area contributed by atoms with Crippen LogP contribution in [0.4, 0.5) is 0 Å². The predicted octanol–water partition coefficient (Wildman–Crippen LogP) is 1.42. The van der Waals surface area contributed by atoms with Gasteiger partial charge in [0.1, 0.15) is 0 Å². The number of hydrogen-bond donors (Lipinski definition) is 0. The summed E-state index contributed by atoms with van der Waals surface area (Å²) in [6.45, 7) is 8.58. The van der Waals surface area contributed by atoms with E-state index in [0.717, 1.165) is 0 Å². The molecular weight excluding hydrogens is 461 g/mol. The van der Waals surface area contributed by atoms with Crippen molar-refractivity contribution in [2.45, 2.75) is 32.7 Å². The second kappa shape index (κ2) is 11.3. The highest BCUT2D eigenvalue weighted by Crippen LogP contribution is 2.27. The molecule has 28 heavy (non-hydrogen) atoms. The molecule has 170 valence electrons. The number of hydrogen-bond acceptors (Lipinski definition) is 11. The van der Waals surface area contributed by atoms with Crippen molar-refractivity contribution in [2.24, 2.45) is 0 Å². The van der Waals surface area contributed by atoms with Gasteiger partial charge in [0.25, 0.3) is 0 Å². The molecule has 0 saturated heterocycles. The molecule has 0 bridgehead atoms. The largest absolute Gasteiger partial charge is 0.489 e. The zero-order chi connectivity index (χ0) is 22.3. The summed E-state index contributed by atoms with van der Waals surface area (Å²) in [5.41, 5.74) is 0. The highest BCUT2D eigenvalue weighted by molar-refractivity contribution is 6.84. The van der Waals surface area contributed by atoms with Gasteiger partial charge in [0, 0.05) is 82.5 Å². The summed E-state index contributed by atoms with van der Waals surface area (Å²) in [5.74, 6) is 0. The highest BCUT2D eigenvalue weighted by Gasteiger charge is 2.57. The Balaban J connectivity index is 5.61. The molecule has 0 saturated carbocycles. The fourth-order valence-corrected chi connectivity index (χ4v) is 18.1. The first-order chi connectivity index (χ1) is 12.8. The minimum atomic E-state index is -3.34. The smallest absolute Gasteiger partial charge is 0.378 e. The maximum Gasteiger partial charge on any atom is 0.489 e. The van der Waals surface area contributed by atoms with Crippen LogP contribution in [0.25, 0.3) is 0 Å². The van der Waals surface area contributed by atoms with E-state index >= 15 is 0 Å². The van der Waals surface area contributed by atoms with Crippen LogP contribution in [0.2, 0.25) is 32.7 Å². The van der Waals surface area contributed by atoms with Gasteiger partial charge in [-0.25, -0.2) is 0 Å². The van der Waals surface area contributed by atoms with Gasteiger partial charge in [-0.15, -0.1) is 0 Å². The van der Waals surface area contributed by atoms with Gasteiger partial charge >= 0.3 is 44.0 Å². The van der Waals surface area contributed by atoms with Crippen molar-refractivity contribution in [2.75, 3.05) is 49.8 Å². The van der Waals surface area contributed by atoms with E-state index in [4.69, 9.17) is 47.4 Å². The van der Waals surface area contributed by atoms with Crippen LogP contribution < -0.4 is 0 Å². The SMILES string of the molecule is CO[Si](C)(OC)O[Si](C)(OC)O[Si](C)(OC)O[Si](C)(OC)O[Si](C)(OC)OC. The van der Waals surface area contributed by atoms with E-state index in [1.165, 1.54) is 49.8 Å². The Bertz CT molecular complexity index is 431. The molecule has 0 N–H and O–H groups in total. The molecule has 0 aliphatic carbocycles. The Morgan fingerprint density at radius 1 is 0.286 bits per heavy atom. The molecule has 11 nitrogen and oxygen atoms in total. The van der Waals surface area contributed by atoms with Crippen molar-refractivity contribution in [3.63, 3.8) is 0 Å². The lowest BCUT2D eigenvalue weighted by Crippen LogP contribution is -2.65. The molecule has 0 aromatic rings.